The van der Waals surface area contributed by atoms with E-state index < -0.39 is 0 Å². The summed E-state index contributed by atoms with van der Waals surface area (Å²) in [4.78, 5) is 11.4. The average molecular weight is 216 g/mol. The lowest BCUT2D eigenvalue weighted by molar-refractivity contribution is -0.116. The Morgan fingerprint density at radius 1 is 1.14 bits per heavy atom. The van der Waals surface area contributed by atoms with E-state index in [0.717, 1.165) is 12.8 Å². The first-order valence-electron chi connectivity index (χ1n) is 5.61. The molecule has 0 saturated heterocycles. The molecule has 0 N–H and O–H groups in total. The van der Waals surface area contributed by atoms with Crippen LogP contribution in [0.5, 0.6) is 0 Å². The van der Waals surface area contributed by atoms with Crippen molar-refractivity contribution in [1.29, 1.82) is 0 Å². The van der Waals surface area contributed by atoms with Crippen LogP contribution in [0, 0.1) is 0 Å². The van der Waals surface area contributed by atoms with E-state index in [2.05, 4.69) is 27.7 Å². The van der Waals surface area contributed by atoms with Gasteiger partial charge in [0.05, 0.1) is 5.75 Å². The second kappa shape index (κ2) is 7.33. The standard InChI is InChI=1S/C12H24OS/c1-5-6-7-8-9-11(13)10-14-12(2,3)4/h5-10H2,1-4H3. The Balaban J connectivity index is 3.38. The normalized spacial score (nSPS) is 11.7. The predicted octanol–water partition coefficient (Wildman–Crippen LogP) is 4.06. The molecule has 0 unspecified atom stereocenters. The highest BCUT2D eigenvalue weighted by atomic mass is 32.2. The topological polar surface area (TPSA) is 17.1 Å². The van der Waals surface area contributed by atoms with Gasteiger partial charge in [-0.2, -0.15) is 0 Å². The first-order valence-corrected chi connectivity index (χ1v) is 6.60. The van der Waals surface area contributed by atoms with E-state index in [-0.39, 0.29) is 4.75 Å². The molecule has 0 aliphatic heterocycles. The van der Waals surface area contributed by atoms with Crippen molar-refractivity contribution in [1.82, 2.24) is 0 Å². The van der Waals surface area contributed by atoms with Crippen molar-refractivity contribution in [2.45, 2.75) is 64.5 Å². The fourth-order valence-electron chi connectivity index (χ4n) is 1.12. The number of Topliss-reactive ketones (excluding diaryl/α,β-unsaturated/α-hetero) is 1. The van der Waals surface area contributed by atoms with Gasteiger partial charge in [0.25, 0.3) is 0 Å². The zero-order valence-electron chi connectivity index (χ0n) is 10.1. The highest BCUT2D eigenvalue weighted by Gasteiger charge is 2.12. The maximum absolute atomic E-state index is 11.4. The Bertz CT molecular complexity index is 158. The van der Waals surface area contributed by atoms with E-state index in [0.29, 0.717) is 11.5 Å². The van der Waals surface area contributed by atoms with Crippen LogP contribution in [0.2, 0.25) is 0 Å². The fraction of sp³-hybridized carbons (Fsp3) is 0.917. The molecule has 0 fully saturated rings. The summed E-state index contributed by atoms with van der Waals surface area (Å²) in [5, 5.41) is 0. The number of hydrogen-bond donors (Lipinski definition) is 0. The van der Waals surface area contributed by atoms with Gasteiger partial charge in [-0.15, -0.1) is 11.8 Å². The molecular weight excluding hydrogens is 192 g/mol. The lowest BCUT2D eigenvalue weighted by Gasteiger charge is -2.16. The molecule has 0 bridgehead atoms. The van der Waals surface area contributed by atoms with Gasteiger partial charge in [-0.1, -0.05) is 47.0 Å². The molecule has 2 heteroatoms. The van der Waals surface area contributed by atoms with E-state index in [4.69, 9.17) is 0 Å². The van der Waals surface area contributed by atoms with Crippen LogP contribution < -0.4 is 0 Å². The zero-order valence-corrected chi connectivity index (χ0v) is 10.9. The number of hydrogen-bond acceptors (Lipinski definition) is 2. The van der Waals surface area contributed by atoms with E-state index in [1.54, 1.807) is 11.8 Å². The predicted molar refractivity (Wildman–Crippen MR) is 66.0 cm³/mol. The molecule has 1 nitrogen and oxygen atoms in total. The van der Waals surface area contributed by atoms with E-state index >= 15 is 0 Å². The van der Waals surface area contributed by atoms with Crippen LogP contribution in [-0.4, -0.2) is 16.3 Å². The molecule has 0 aromatic heterocycles. The van der Waals surface area contributed by atoms with Crippen molar-refractivity contribution in [3.63, 3.8) is 0 Å². The molecule has 0 saturated carbocycles. The number of rotatable bonds is 7. The summed E-state index contributed by atoms with van der Waals surface area (Å²) in [5.74, 6) is 1.11. The van der Waals surface area contributed by atoms with E-state index in [1.807, 2.05) is 0 Å². The first-order chi connectivity index (χ1) is 6.45. The first kappa shape index (κ1) is 14.0. The van der Waals surface area contributed by atoms with Crippen LogP contribution in [0.15, 0.2) is 0 Å². The van der Waals surface area contributed by atoms with Crippen molar-refractivity contribution >= 4 is 17.5 Å². The third-order valence-electron chi connectivity index (χ3n) is 1.98. The minimum absolute atomic E-state index is 0.221. The molecule has 0 rings (SSSR count). The number of carbonyl (C=O) groups is 1. The molecule has 0 atom stereocenters. The molecule has 84 valence electrons. The largest absolute Gasteiger partial charge is 0.299 e. The van der Waals surface area contributed by atoms with Crippen LogP contribution in [0.1, 0.15) is 59.8 Å². The van der Waals surface area contributed by atoms with Crippen LogP contribution in [0.25, 0.3) is 0 Å². The van der Waals surface area contributed by atoms with Gasteiger partial charge in [-0.25, -0.2) is 0 Å². The highest BCUT2D eigenvalue weighted by molar-refractivity contribution is 8.01. The second-order valence-electron chi connectivity index (χ2n) is 4.75. The molecule has 0 amide bonds. The summed E-state index contributed by atoms with van der Waals surface area (Å²) < 4.78 is 0.221. The van der Waals surface area contributed by atoms with Gasteiger partial charge < -0.3 is 0 Å². The van der Waals surface area contributed by atoms with Gasteiger partial charge in [0.15, 0.2) is 0 Å². The van der Waals surface area contributed by atoms with Crippen molar-refractivity contribution in [3.05, 3.63) is 0 Å². The van der Waals surface area contributed by atoms with Gasteiger partial charge in [0, 0.05) is 11.2 Å². The van der Waals surface area contributed by atoms with Crippen LogP contribution in [-0.2, 0) is 4.79 Å². The van der Waals surface area contributed by atoms with Crippen LogP contribution in [0.3, 0.4) is 0 Å². The lowest BCUT2D eigenvalue weighted by atomic mass is 10.1. The van der Waals surface area contributed by atoms with Crippen molar-refractivity contribution in [3.8, 4) is 0 Å². The number of thioether (sulfide) groups is 1. The van der Waals surface area contributed by atoms with Gasteiger partial charge in [0.1, 0.15) is 5.78 Å². The van der Waals surface area contributed by atoms with Gasteiger partial charge in [-0.05, 0) is 6.42 Å². The maximum atomic E-state index is 11.4. The molecule has 0 spiro atoms. The summed E-state index contributed by atoms with van der Waals surface area (Å²) in [5.41, 5.74) is 0. The van der Waals surface area contributed by atoms with Crippen LogP contribution >= 0.6 is 11.8 Å². The molecule has 0 radical (unpaired) electrons. The van der Waals surface area contributed by atoms with Crippen molar-refractivity contribution in [2.75, 3.05) is 5.75 Å². The summed E-state index contributed by atoms with van der Waals surface area (Å²) in [6.07, 6.45) is 5.58. The molecule has 14 heavy (non-hydrogen) atoms. The van der Waals surface area contributed by atoms with Gasteiger partial charge in [-0.3, -0.25) is 4.79 Å². The molecule has 0 aromatic rings. The third-order valence-corrected chi connectivity index (χ3v) is 3.31. The Hall–Kier alpha value is 0.0200. The number of ketones is 1. The summed E-state index contributed by atoms with van der Waals surface area (Å²) in [6.45, 7) is 8.66. The molecule has 0 heterocycles. The number of carbonyl (C=O) groups excluding carboxylic acids is 1. The monoisotopic (exact) mass is 216 g/mol. The zero-order chi connectivity index (χ0) is 11.0. The second-order valence-corrected chi connectivity index (χ2v) is 6.55. The highest BCUT2D eigenvalue weighted by Crippen LogP contribution is 2.23. The maximum Gasteiger partial charge on any atom is 0.142 e. The summed E-state index contributed by atoms with van der Waals surface area (Å²) in [7, 11) is 0. The average Bonchev–Trinajstić information content (AvgIpc) is 2.08. The molecule has 0 aliphatic rings. The van der Waals surface area contributed by atoms with Gasteiger partial charge >= 0.3 is 0 Å². The minimum atomic E-state index is 0.221. The third kappa shape index (κ3) is 10.1. The minimum Gasteiger partial charge on any atom is -0.299 e. The summed E-state index contributed by atoms with van der Waals surface area (Å²) in [6, 6.07) is 0. The quantitative estimate of drug-likeness (QED) is 0.597. The molecule has 0 aromatic carbocycles. The Kier molecular flexibility index (Phi) is 7.34. The Morgan fingerprint density at radius 2 is 1.79 bits per heavy atom. The van der Waals surface area contributed by atoms with E-state index in [9.17, 15) is 4.79 Å². The van der Waals surface area contributed by atoms with Crippen LogP contribution in [0.4, 0.5) is 0 Å². The number of unbranched alkanes of at least 4 members (excludes halogenated alkanes) is 3. The van der Waals surface area contributed by atoms with Crippen molar-refractivity contribution in [2.24, 2.45) is 0 Å². The summed E-state index contributed by atoms with van der Waals surface area (Å²) >= 11 is 1.76. The molecular formula is C12H24OS. The van der Waals surface area contributed by atoms with Crippen molar-refractivity contribution < 1.29 is 4.79 Å². The smallest absolute Gasteiger partial charge is 0.142 e. The Labute approximate surface area is 93.0 Å². The van der Waals surface area contributed by atoms with E-state index in [1.165, 1.54) is 19.3 Å². The fourth-order valence-corrected chi connectivity index (χ4v) is 1.86. The SMILES string of the molecule is CCCCCCC(=O)CSC(C)(C)C. The Morgan fingerprint density at radius 3 is 2.29 bits per heavy atom. The molecule has 0 aliphatic carbocycles. The van der Waals surface area contributed by atoms with Gasteiger partial charge in [0.2, 0.25) is 0 Å². The lowest BCUT2D eigenvalue weighted by Crippen LogP contribution is -2.12.